The third kappa shape index (κ3) is 6.38. The van der Waals surface area contributed by atoms with Gasteiger partial charge in [-0.05, 0) is 88.3 Å². The van der Waals surface area contributed by atoms with Gasteiger partial charge in [0, 0.05) is 21.4 Å². The third-order valence-electron chi connectivity index (χ3n) is 4.21. The topological polar surface area (TPSA) is 105 Å². The molecule has 0 radical (unpaired) electrons. The van der Waals surface area contributed by atoms with Crippen molar-refractivity contribution in [3.63, 3.8) is 0 Å². The lowest BCUT2D eigenvalue weighted by atomic mass is 10.1. The number of nitro groups is 1. The predicted octanol–water partition coefficient (Wildman–Crippen LogP) is 5.32. The van der Waals surface area contributed by atoms with E-state index in [4.69, 9.17) is 4.74 Å². The maximum absolute atomic E-state index is 12.4. The van der Waals surface area contributed by atoms with Crippen LogP contribution in [0.3, 0.4) is 0 Å². The highest BCUT2D eigenvalue weighted by Gasteiger charge is 2.10. The molecule has 0 aromatic heterocycles. The van der Waals surface area contributed by atoms with Gasteiger partial charge in [-0.25, -0.2) is 0 Å². The van der Waals surface area contributed by atoms with E-state index in [1.807, 2.05) is 18.2 Å². The Morgan fingerprint density at radius 2 is 1.71 bits per heavy atom. The highest BCUT2D eigenvalue weighted by molar-refractivity contribution is 14.1. The van der Waals surface area contributed by atoms with E-state index in [0.29, 0.717) is 17.0 Å². The predicted molar refractivity (Wildman–Crippen MR) is 125 cm³/mol. The fraction of sp³-hybridized carbons (Fsp3) is 0.0435. The molecule has 3 rings (SSSR count). The van der Waals surface area contributed by atoms with Crippen molar-refractivity contribution in [3.8, 4) is 11.8 Å². The Morgan fingerprint density at radius 3 is 2.29 bits per heavy atom. The molecule has 8 heteroatoms. The van der Waals surface area contributed by atoms with Crippen LogP contribution in [0.25, 0.3) is 6.08 Å². The van der Waals surface area contributed by atoms with Gasteiger partial charge in [0.1, 0.15) is 24.0 Å². The molecule has 0 saturated heterocycles. The number of halogens is 1. The largest absolute Gasteiger partial charge is 0.489 e. The van der Waals surface area contributed by atoms with Gasteiger partial charge in [0.05, 0.1) is 4.92 Å². The quantitative estimate of drug-likeness (QED) is 0.148. The first-order chi connectivity index (χ1) is 14.9. The molecule has 0 aliphatic rings. The standard InChI is InChI=1S/C23H16IN3O4/c24-19-5-7-20(8-6-19)26-23(28)18(14-25)13-16-3-11-22(12-4-16)31-15-17-1-9-21(10-2-17)27(29)30/h1-13H,15H2,(H,26,28)/b18-13+. The lowest BCUT2D eigenvalue weighted by molar-refractivity contribution is -0.384. The summed E-state index contributed by atoms with van der Waals surface area (Å²) in [7, 11) is 0. The number of nitrogens with one attached hydrogen (secondary N) is 1. The summed E-state index contributed by atoms with van der Waals surface area (Å²) in [5, 5.41) is 22.7. The van der Waals surface area contributed by atoms with E-state index < -0.39 is 10.8 Å². The first-order valence-corrected chi connectivity index (χ1v) is 10.2. The van der Waals surface area contributed by atoms with Crippen LogP contribution in [0, 0.1) is 25.0 Å². The minimum atomic E-state index is -0.484. The van der Waals surface area contributed by atoms with Gasteiger partial charge < -0.3 is 10.1 Å². The summed E-state index contributed by atoms with van der Waals surface area (Å²) in [6.07, 6.45) is 1.50. The van der Waals surface area contributed by atoms with Crippen molar-refractivity contribution in [3.05, 3.63) is 103 Å². The highest BCUT2D eigenvalue weighted by Crippen LogP contribution is 2.18. The minimum absolute atomic E-state index is 0.0156. The Labute approximate surface area is 192 Å². The van der Waals surface area contributed by atoms with E-state index in [2.05, 4.69) is 27.9 Å². The normalized spacial score (nSPS) is 10.8. The van der Waals surface area contributed by atoms with E-state index in [1.165, 1.54) is 18.2 Å². The van der Waals surface area contributed by atoms with Crippen LogP contribution in [0.2, 0.25) is 0 Å². The Kier molecular flexibility index (Phi) is 7.35. The zero-order valence-corrected chi connectivity index (χ0v) is 18.3. The number of nitro benzene ring substituents is 1. The molecule has 0 saturated carbocycles. The summed E-state index contributed by atoms with van der Waals surface area (Å²) >= 11 is 2.17. The molecule has 0 spiro atoms. The van der Waals surface area contributed by atoms with Gasteiger partial charge in [-0.2, -0.15) is 5.26 Å². The van der Waals surface area contributed by atoms with E-state index in [9.17, 15) is 20.2 Å². The average molecular weight is 525 g/mol. The molecule has 0 aliphatic heterocycles. The Bertz CT molecular complexity index is 1150. The lowest BCUT2D eigenvalue weighted by Gasteiger charge is -2.07. The van der Waals surface area contributed by atoms with Crippen LogP contribution in [-0.4, -0.2) is 10.8 Å². The number of carbonyl (C=O) groups is 1. The fourth-order valence-corrected chi connectivity index (χ4v) is 2.95. The number of non-ortho nitro benzene ring substituents is 1. The van der Waals surface area contributed by atoms with Crippen LogP contribution in [0.1, 0.15) is 11.1 Å². The molecule has 3 aromatic carbocycles. The molecular weight excluding hydrogens is 509 g/mol. The molecule has 0 fully saturated rings. The van der Waals surface area contributed by atoms with E-state index in [0.717, 1.165) is 9.13 Å². The summed E-state index contributed by atoms with van der Waals surface area (Å²) < 4.78 is 6.72. The first kappa shape index (κ1) is 22.0. The number of benzene rings is 3. The number of amides is 1. The summed E-state index contributed by atoms with van der Waals surface area (Å²) in [5.41, 5.74) is 2.10. The molecule has 3 aromatic rings. The van der Waals surface area contributed by atoms with Gasteiger partial charge >= 0.3 is 0 Å². The Morgan fingerprint density at radius 1 is 1.06 bits per heavy atom. The fourth-order valence-electron chi connectivity index (χ4n) is 2.59. The van der Waals surface area contributed by atoms with Crippen molar-refractivity contribution in [2.24, 2.45) is 0 Å². The maximum Gasteiger partial charge on any atom is 0.269 e. The first-order valence-electron chi connectivity index (χ1n) is 9.09. The number of carbonyl (C=O) groups excluding carboxylic acids is 1. The molecule has 0 bridgehead atoms. The number of nitriles is 1. The SMILES string of the molecule is N#C/C(=C\c1ccc(OCc2ccc([N+](=O)[O-])cc2)cc1)C(=O)Nc1ccc(I)cc1. The summed E-state index contributed by atoms with van der Waals surface area (Å²) in [6.45, 7) is 0.259. The van der Waals surface area contributed by atoms with Crippen LogP contribution in [0.4, 0.5) is 11.4 Å². The molecule has 1 N–H and O–H groups in total. The number of hydrogen-bond donors (Lipinski definition) is 1. The van der Waals surface area contributed by atoms with Crippen molar-refractivity contribution in [1.82, 2.24) is 0 Å². The molecule has 7 nitrogen and oxygen atoms in total. The number of ether oxygens (including phenoxy) is 1. The van der Waals surface area contributed by atoms with Crippen LogP contribution in [0.5, 0.6) is 5.75 Å². The maximum atomic E-state index is 12.4. The zero-order valence-electron chi connectivity index (χ0n) is 16.1. The van der Waals surface area contributed by atoms with Crippen molar-refractivity contribution in [2.45, 2.75) is 6.61 Å². The number of rotatable bonds is 7. The monoisotopic (exact) mass is 525 g/mol. The Hall–Kier alpha value is -3.71. The Balaban J connectivity index is 1.61. The minimum Gasteiger partial charge on any atom is -0.489 e. The van der Waals surface area contributed by atoms with Crippen molar-refractivity contribution >= 4 is 45.9 Å². The van der Waals surface area contributed by atoms with Gasteiger partial charge in [-0.15, -0.1) is 0 Å². The van der Waals surface area contributed by atoms with E-state index in [-0.39, 0.29) is 17.9 Å². The molecule has 31 heavy (non-hydrogen) atoms. The van der Waals surface area contributed by atoms with Crippen molar-refractivity contribution in [2.75, 3.05) is 5.32 Å². The van der Waals surface area contributed by atoms with Crippen LogP contribution in [-0.2, 0) is 11.4 Å². The summed E-state index contributed by atoms with van der Waals surface area (Å²) in [5.74, 6) is 0.111. The molecule has 1 amide bonds. The van der Waals surface area contributed by atoms with E-state index in [1.54, 1.807) is 48.5 Å². The molecular formula is C23H16IN3O4. The zero-order chi connectivity index (χ0) is 22.2. The van der Waals surface area contributed by atoms with Gasteiger partial charge in [0.15, 0.2) is 0 Å². The number of anilines is 1. The van der Waals surface area contributed by atoms with Gasteiger partial charge in [0.2, 0.25) is 0 Å². The van der Waals surface area contributed by atoms with E-state index >= 15 is 0 Å². The molecule has 0 heterocycles. The van der Waals surface area contributed by atoms with Crippen molar-refractivity contribution in [1.29, 1.82) is 5.26 Å². The second kappa shape index (κ2) is 10.4. The molecule has 0 unspecified atom stereocenters. The van der Waals surface area contributed by atoms with Gasteiger partial charge in [0.25, 0.3) is 11.6 Å². The smallest absolute Gasteiger partial charge is 0.269 e. The second-order valence-electron chi connectivity index (χ2n) is 6.41. The number of hydrogen-bond acceptors (Lipinski definition) is 5. The summed E-state index contributed by atoms with van der Waals surface area (Å²) in [4.78, 5) is 22.6. The highest BCUT2D eigenvalue weighted by atomic mass is 127. The number of nitrogens with zero attached hydrogens (tertiary/aromatic N) is 2. The third-order valence-corrected chi connectivity index (χ3v) is 4.93. The van der Waals surface area contributed by atoms with Crippen molar-refractivity contribution < 1.29 is 14.5 Å². The second-order valence-corrected chi connectivity index (χ2v) is 7.66. The van der Waals surface area contributed by atoms with Crippen LogP contribution in [0.15, 0.2) is 78.4 Å². The molecule has 0 atom stereocenters. The average Bonchev–Trinajstić information content (AvgIpc) is 2.78. The summed E-state index contributed by atoms with van der Waals surface area (Å²) in [6, 6.07) is 22.2. The van der Waals surface area contributed by atoms with Crippen LogP contribution >= 0.6 is 22.6 Å². The van der Waals surface area contributed by atoms with Crippen LogP contribution < -0.4 is 10.1 Å². The lowest BCUT2D eigenvalue weighted by Crippen LogP contribution is -2.13. The van der Waals surface area contributed by atoms with Gasteiger partial charge in [-0.1, -0.05) is 12.1 Å². The molecule has 0 aliphatic carbocycles. The van der Waals surface area contributed by atoms with Gasteiger partial charge in [-0.3, -0.25) is 14.9 Å². The molecule has 154 valence electrons.